The molecule has 1 saturated carbocycles. The fourth-order valence-corrected chi connectivity index (χ4v) is 9.44. The van der Waals surface area contributed by atoms with Gasteiger partial charge in [-0.2, -0.15) is 0 Å². The Hall–Kier alpha value is -6.94. The molecule has 6 atom stereocenters. The predicted molar refractivity (Wildman–Crippen MR) is 210 cm³/mol. The molecule has 0 radical (unpaired) electrons. The number of nitrogens with zero attached hydrogens (tertiary/aromatic N) is 2. The summed E-state index contributed by atoms with van der Waals surface area (Å²) in [5, 5.41) is 11.5. The van der Waals surface area contributed by atoms with Gasteiger partial charge in [0.15, 0.2) is 23.1 Å². The first-order valence-electron chi connectivity index (χ1n) is 18.9. The summed E-state index contributed by atoms with van der Waals surface area (Å²) in [7, 11) is 1.43. The van der Waals surface area contributed by atoms with Gasteiger partial charge in [0, 0.05) is 33.7 Å². The van der Waals surface area contributed by atoms with Crippen LogP contribution in [0.4, 0.5) is 11.4 Å². The monoisotopic (exact) mass is 756 g/mol. The van der Waals surface area contributed by atoms with Gasteiger partial charge >= 0.3 is 0 Å². The topological polar surface area (TPSA) is 138 Å². The summed E-state index contributed by atoms with van der Waals surface area (Å²) in [5.74, 6) is -6.76. The van der Waals surface area contributed by atoms with Crippen LogP contribution in [0.3, 0.4) is 0 Å². The minimum atomic E-state index is -0.918. The van der Waals surface area contributed by atoms with Crippen molar-refractivity contribution < 1.29 is 38.6 Å². The second-order valence-electron chi connectivity index (χ2n) is 14.9. The van der Waals surface area contributed by atoms with Crippen molar-refractivity contribution in [1.82, 2.24) is 0 Å². The molecule has 0 unspecified atom stereocenters. The van der Waals surface area contributed by atoms with E-state index in [1.165, 1.54) is 12.0 Å². The average Bonchev–Trinajstić information content (AvgIpc) is 3.66. The number of methoxy groups -OCH3 is 1. The van der Waals surface area contributed by atoms with E-state index in [0.717, 1.165) is 10.5 Å². The molecular weight excluding hydrogens is 721 g/mol. The normalized spacial score (nSPS) is 23.8. The molecule has 0 spiro atoms. The predicted octanol–water partition coefficient (Wildman–Crippen LogP) is 6.91. The van der Waals surface area contributed by atoms with Crippen molar-refractivity contribution in [3.05, 3.63) is 167 Å². The third-order valence-corrected chi connectivity index (χ3v) is 12.1. The van der Waals surface area contributed by atoms with Gasteiger partial charge in [0.05, 0.1) is 42.2 Å². The minimum Gasteiger partial charge on any atom is -0.504 e. The molecule has 57 heavy (non-hydrogen) atoms. The van der Waals surface area contributed by atoms with Crippen LogP contribution >= 0.6 is 0 Å². The van der Waals surface area contributed by atoms with Crippen LogP contribution in [0.2, 0.25) is 0 Å². The van der Waals surface area contributed by atoms with Gasteiger partial charge in [-0.15, -0.1) is 0 Å². The van der Waals surface area contributed by atoms with Crippen LogP contribution < -0.4 is 14.5 Å². The lowest BCUT2D eigenvalue weighted by molar-refractivity contribution is -0.126. The van der Waals surface area contributed by atoms with Crippen LogP contribution in [-0.2, 0) is 19.2 Å². The molecule has 0 aromatic heterocycles. The maximum absolute atomic E-state index is 14.6. The summed E-state index contributed by atoms with van der Waals surface area (Å²) in [6, 6.07) is 35.4. The zero-order valence-corrected chi connectivity index (χ0v) is 30.8. The molecule has 2 saturated heterocycles. The van der Waals surface area contributed by atoms with Crippen LogP contribution in [0.1, 0.15) is 56.2 Å². The highest BCUT2D eigenvalue weighted by atomic mass is 16.5. The summed E-state index contributed by atoms with van der Waals surface area (Å²) in [6.07, 6.45) is 2.28. The Bertz CT molecular complexity index is 2510. The van der Waals surface area contributed by atoms with Crippen LogP contribution in [-0.4, -0.2) is 47.4 Å². The Labute approximate surface area is 328 Å². The molecule has 3 fully saturated rings. The van der Waals surface area contributed by atoms with Crippen molar-refractivity contribution in [3.63, 3.8) is 0 Å². The quantitative estimate of drug-likeness (QED) is 0.103. The van der Waals surface area contributed by atoms with Crippen LogP contribution in [0.5, 0.6) is 11.5 Å². The number of fused-ring (bicyclic) bond motifs is 4. The molecule has 0 bridgehead atoms. The van der Waals surface area contributed by atoms with Gasteiger partial charge in [0.1, 0.15) is 0 Å². The summed E-state index contributed by atoms with van der Waals surface area (Å²) in [5.41, 5.74) is 3.59. The number of phenolic OH excluding ortho intramolecular Hbond substituents is 1. The lowest BCUT2D eigenvalue weighted by Crippen LogP contribution is -2.43. The molecule has 5 aromatic carbocycles. The van der Waals surface area contributed by atoms with Gasteiger partial charge in [-0.25, -0.2) is 0 Å². The number of para-hydroxylation sites is 1. The molecule has 2 aliphatic carbocycles. The van der Waals surface area contributed by atoms with Gasteiger partial charge in [-0.05, 0) is 73.4 Å². The fourth-order valence-electron chi connectivity index (χ4n) is 9.44. The summed E-state index contributed by atoms with van der Waals surface area (Å²) in [4.78, 5) is 86.3. The number of carbonyl (C=O) groups excluding carboxylic acids is 6. The second kappa shape index (κ2) is 14.0. The second-order valence-corrected chi connectivity index (χ2v) is 14.9. The number of anilines is 2. The van der Waals surface area contributed by atoms with E-state index in [-0.39, 0.29) is 41.8 Å². The molecule has 2 aliphatic heterocycles. The van der Waals surface area contributed by atoms with Crippen LogP contribution in [0, 0.1) is 29.6 Å². The van der Waals surface area contributed by atoms with E-state index < -0.39 is 53.2 Å². The lowest BCUT2D eigenvalue weighted by atomic mass is 9.57. The van der Waals surface area contributed by atoms with E-state index in [9.17, 15) is 33.9 Å². The Morgan fingerprint density at radius 1 is 0.561 bits per heavy atom. The van der Waals surface area contributed by atoms with Gasteiger partial charge in [-0.3, -0.25) is 38.6 Å². The first-order valence-corrected chi connectivity index (χ1v) is 18.9. The van der Waals surface area contributed by atoms with Crippen molar-refractivity contribution >= 4 is 46.6 Å². The zero-order chi connectivity index (χ0) is 39.5. The number of allylic oxidation sites excluding steroid dienone is 2. The Kier molecular flexibility index (Phi) is 8.76. The molecule has 4 amide bonds. The Morgan fingerprint density at radius 3 is 1.58 bits per heavy atom. The molecule has 10 nitrogen and oxygen atoms in total. The van der Waals surface area contributed by atoms with Gasteiger partial charge < -0.3 is 9.84 Å². The number of carbonyl (C=O) groups is 6. The largest absolute Gasteiger partial charge is 0.504 e. The van der Waals surface area contributed by atoms with Crippen molar-refractivity contribution in [2.45, 2.75) is 18.8 Å². The van der Waals surface area contributed by atoms with E-state index in [4.69, 9.17) is 4.74 Å². The third kappa shape index (κ3) is 5.70. The molecule has 282 valence electrons. The number of ether oxygens (including phenoxy) is 1. The highest BCUT2D eigenvalue weighted by molar-refractivity contribution is 6.24. The van der Waals surface area contributed by atoms with Gasteiger partial charge in [0.25, 0.3) is 0 Å². The number of amides is 4. The first-order chi connectivity index (χ1) is 27.7. The Balaban J connectivity index is 1.06. The van der Waals surface area contributed by atoms with E-state index in [1.54, 1.807) is 115 Å². The Morgan fingerprint density at radius 2 is 1.05 bits per heavy atom. The molecule has 9 rings (SSSR count). The first kappa shape index (κ1) is 35.7. The van der Waals surface area contributed by atoms with Gasteiger partial charge in [-0.1, -0.05) is 84.4 Å². The SMILES string of the molecule is COc1cccc([C@H]2C3=CC[C@@H]4C(=O)N(c5ccc(C(=O)c6ccccc6)cc5)C(=O)[C@@H]4[C@@H]3C[C@H]3C(=O)N(c4ccc(C(=O)c5ccccc5)cc4)C(=O)[C@@H]23)c1O. The molecule has 1 N–H and O–H groups in total. The molecule has 2 heterocycles. The third-order valence-electron chi connectivity index (χ3n) is 12.1. The highest BCUT2D eigenvalue weighted by Crippen LogP contribution is 2.60. The standard InChI is InChI=1S/C47H36N2O8/c1-57-37-14-8-13-33(43(37)52)38-32-23-24-34-39(46(55)48(44(34)53)30-19-15-28(16-20-30)41(50)26-9-4-2-5-10-26)35(32)25-36-40(38)47(56)49(45(36)54)31-21-17-29(18-22-31)42(51)27-11-6-3-7-12-27/h2-23,34-36,38-40,52H,24-25H2,1H3/t34-,35+,36+,38+,39-,40+/m0/s1. The number of hydrogen-bond acceptors (Lipinski definition) is 8. The summed E-state index contributed by atoms with van der Waals surface area (Å²) in [6.45, 7) is 0. The summed E-state index contributed by atoms with van der Waals surface area (Å²) < 4.78 is 5.45. The molecule has 4 aliphatic rings. The number of imide groups is 2. The highest BCUT2D eigenvalue weighted by Gasteiger charge is 2.62. The van der Waals surface area contributed by atoms with Crippen molar-refractivity contribution in [2.24, 2.45) is 29.6 Å². The van der Waals surface area contributed by atoms with Crippen molar-refractivity contribution in [3.8, 4) is 11.5 Å². The number of phenols is 1. The number of ketones is 2. The lowest BCUT2D eigenvalue weighted by Gasteiger charge is -2.44. The number of rotatable bonds is 8. The average molecular weight is 757 g/mol. The van der Waals surface area contributed by atoms with Crippen LogP contribution in [0.25, 0.3) is 0 Å². The van der Waals surface area contributed by atoms with E-state index >= 15 is 0 Å². The molecular formula is C47H36N2O8. The number of aromatic hydroxyl groups is 1. The molecule has 10 heteroatoms. The number of benzene rings is 5. The maximum Gasteiger partial charge on any atom is 0.238 e. The van der Waals surface area contributed by atoms with Crippen molar-refractivity contribution in [1.29, 1.82) is 0 Å². The smallest absolute Gasteiger partial charge is 0.238 e. The van der Waals surface area contributed by atoms with E-state index in [2.05, 4.69) is 0 Å². The van der Waals surface area contributed by atoms with Crippen LogP contribution in [0.15, 0.2) is 139 Å². The maximum atomic E-state index is 14.6. The molecule has 5 aromatic rings. The van der Waals surface area contributed by atoms with E-state index in [1.807, 2.05) is 18.2 Å². The van der Waals surface area contributed by atoms with E-state index in [0.29, 0.717) is 39.2 Å². The summed E-state index contributed by atoms with van der Waals surface area (Å²) >= 11 is 0. The minimum absolute atomic E-state index is 0.141. The fraction of sp³-hybridized carbons (Fsp3) is 0.191. The van der Waals surface area contributed by atoms with Gasteiger partial charge in [0.2, 0.25) is 23.6 Å². The zero-order valence-electron chi connectivity index (χ0n) is 30.8. The van der Waals surface area contributed by atoms with Crippen molar-refractivity contribution in [2.75, 3.05) is 16.9 Å². The number of hydrogen-bond donors (Lipinski definition) is 1.